The van der Waals surface area contributed by atoms with Crippen LogP contribution in [0.3, 0.4) is 0 Å². The average molecular weight is 268 g/mol. The van der Waals surface area contributed by atoms with Gasteiger partial charge in [-0.05, 0) is 44.0 Å². The second-order valence-electron chi connectivity index (χ2n) is 4.56. The standard InChI is InChI=1S/C14H20O3S/c1-9-6-7-13(8-10(9)2)18(16)12(4)11(3)14(15)17-5/h6-8,11-12H,1-5H3. The van der Waals surface area contributed by atoms with Gasteiger partial charge in [0.05, 0.1) is 23.8 Å². The second kappa shape index (κ2) is 6.14. The molecule has 0 aliphatic heterocycles. The van der Waals surface area contributed by atoms with Crippen LogP contribution in [-0.2, 0) is 20.3 Å². The van der Waals surface area contributed by atoms with Crippen molar-refractivity contribution in [2.45, 2.75) is 37.8 Å². The van der Waals surface area contributed by atoms with E-state index < -0.39 is 10.8 Å². The maximum absolute atomic E-state index is 12.4. The zero-order valence-corrected chi connectivity index (χ0v) is 12.3. The molecule has 0 radical (unpaired) electrons. The fraction of sp³-hybridized carbons (Fsp3) is 0.500. The summed E-state index contributed by atoms with van der Waals surface area (Å²) in [6.07, 6.45) is 0. The minimum atomic E-state index is -1.20. The Balaban J connectivity index is 2.93. The molecule has 3 unspecified atom stereocenters. The number of benzene rings is 1. The first-order chi connectivity index (χ1) is 8.38. The molecule has 1 rings (SSSR count). The van der Waals surface area contributed by atoms with Crippen molar-refractivity contribution in [3.05, 3.63) is 29.3 Å². The first-order valence-corrected chi connectivity index (χ1v) is 7.15. The Kier molecular flexibility index (Phi) is 5.08. The molecule has 100 valence electrons. The van der Waals surface area contributed by atoms with E-state index in [1.54, 1.807) is 6.92 Å². The number of carbonyl (C=O) groups is 1. The number of aryl methyl sites for hydroxylation is 2. The molecule has 0 saturated carbocycles. The molecule has 0 aliphatic rings. The largest absolute Gasteiger partial charge is 0.469 e. The first kappa shape index (κ1) is 14.9. The highest BCUT2D eigenvalue weighted by Gasteiger charge is 2.26. The lowest BCUT2D eigenvalue weighted by molar-refractivity contribution is -0.144. The molecular weight excluding hydrogens is 248 g/mol. The quantitative estimate of drug-likeness (QED) is 0.788. The Morgan fingerprint density at radius 1 is 1.22 bits per heavy atom. The fourth-order valence-corrected chi connectivity index (χ4v) is 3.02. The van der Waals surface area contributed by atoms with Gasteiger partial charge in [0.15, 0.2) is 0 Å². The topological polar surface area (TPSA) is 43.4 Å². The van der Waals surface area contributed by atoms with E-state index in [-0.39, 0.29) is 17.1 Å². The minimum absolute atomic E-state index is 0.264. The molecule has 0 heterocycles. The third kappa shape index (κ3) is 3.19. The number of hydrogen-bond donors (Lipinski definition) is 0. The molecule has 0 aliphatic carbocycles. The van der Waals surface area contributed by atoms with Gasteiger partial charge in [-0.2, -0.15) is 0 Å². The second-order valence-corrected chi connectivity index (χ2v) is 6.37. The van der Waals surface area contributed by atoms with E-state index in [9.17, 15) is 9.00 Å². The lowest BCUT2D eigenvalue weighted by Crippen LogP contribution is -2.28. The number of ether oxygens (including phenoxy) is 1. The lowest BCUT2D eigenvalue weighted by Gasteiger charge is -2.17. The van der Waals surface area contributed by atoms with E-state index in [0.717, 1.165) is 10.5 Å². The van der Waals surface area contributed by atoms with Crippen molar-refractivity contribution < 1.29 is 13.7 Å². The summed E-state index contributed by atoms with van der Waals surface area (Å²) >= 11 is 0. The maximum Gasteiger partial charge on any atom is 0.309 e. The fourth-order valence-electron chi connectivity index (χ4n) is 1.62. The molecule has 0 amide bonds. The molecule has 3 atom stereocenters. The normalized spacial score (nSPS) is 15.8. The summed E-state index contributed by atoms with van der Waals surface area (Å²) in [7, 11) is 0.152. The van der Waals surface area contributed by atoms with Crippen LogP contribution in [0, 0.1) is 19.8 Å². The van der Waals surface area contributed by atoms with Gasteiger partial charge in [-0.25, -0.2) is 0 Å². The molecule has 0 spiro atoms. The van der Waals surface area contributed by atoms with Gasteiger partial charge in [0, 0.05) is 10.1 Å². The highest BCUT2D eigenvalue weighted by Crippen LogP contribution is 2.20. The average Bonchev–Trinajstić information content (AvgIpc) is 2.38. The van der Waals surface area contributed by atoms with Gasteiger partial charge in [-0.15, -0.1) is 0 Å². The van der Waals surface area contributed by atoms with E-state index in [1.165, 1.54) is 12.7 Å². The summed E-state index contributed by atoms with van der Waals surface area (Å²) in [5.74, 6) is -0.697. The van der Waals surface area contributed by atoms with E-state index in [4.69, 9.17) is 0 Å². The third-order valence-corrected chi connectivity index (χ3v) is 5.13. The number of rotatable bonds is 4. The summed E-state index contributed by atoms with van der Waals surface area (Å²) in [6, 6.07) is 5.74. The molecular formula is C14H20O3S. The highest BCUT2D eigenvalue weighted by molar-refractivity contribution is 7.85. The zero-order chi connectivity index (χ0) is 13.9. The Morgan fingerprint density at radius 2 is 1.83 bits per heavy atom. The summed E-state index contributed by atoms with van der Waals surface area (Å²) in [5, 5.41) is -0.264. The summed E-state index contributed by atoms with van der Waals surface area (Å²) < 4.78 is 17.1. The number of hydrogen-bond acceptors (Lipinski definition) is 3. The van der Waals surface area contributed by atoms with Crippen molar-refractivity contribution in [2.24, 2.45) is 5.92 Å². The lowest BCUT2D eigenvalue weighted by atomic mass is 10.1. The van der Waals surface area contributed by atoms with Gasteiger partial charge in [0.1, 0.15) is 0 Å². The summed E-state index contributed by atoms with van der Waals surface area (Å²) in [5.41, 5.74) is 2.28. The predicted molar refractivity (Wildman–Crippen MR) is 73.0 cm³/mol. The van der Waals surface area contributed by atoms with Crippen molar-refractivity contribution in [2.75, 3.05) is 7.11 Å². The van der Waals surface area contributed by atoms with Crippen LogP contribution in [0.5, 0.6) is 0 Å². The number of esters is 1. The van der Waals surface area contributed by atoms with Crippen molar-refractivity contribution in [3.8, 4) is 0 Å². The minimum Gasteiger partial charge on any atom is -0.469 e. The van der Waals surface area contributed by atoms with E-state index in [1.807, 2.05) is 39.0 Å². The molecule has 3 nitrogen and oxygen atoms in total. The molecule has 4 heteroatoms. The SMILES string of the molecule is COC(=O)C(C)C(C)S(=O)c1ccc(C)c(C)c1. The van der Waals surface area contributed by atoms with Crippen molar-refractivity contribution in [1.82, 2.24) is 0 Å². The van der Waals surface area contributed by atoms with Crippen LogP contribution in [0.25, 0.3) is 0 Å². The highest BCUT2D eigenvalue weighted by atomic mass is 32.2. The Hall–Kier alpha value is -1.16. The molecule has 0 aromatic heterocycles. The molecule has 0 N–H and O–H groups in total. The predicted octanol–water partition coefficient (Wildman–Crippen LogP) is 2.61. The molecule has 1 aromatic carbocycles. The Bertz CT molecular complexity index is 468. The van der Waals surface area contributed by atoms with Gasteiger partial charge < -0.3 is 4.74 Å². The molecule has 0 fully saturated rings. The van der Waals surface area contributed by atoms with Crippen LogP contribution in [0.4, 0.5) is 0 Å². The number of carbonyl (C=O) groups excluding carboxylic acids is 1. The Morgan fingerprint density at radius 3 is 2.33 bits per heavy atom. The van der Waals surface area contributed by atoms with Gasteiger partial charge >= 0.3 is 5.97 Å². The molecule has 18 heavy (non-hydrogen) atoms. The van der Waals surface area contributed by atoms with Crippen molar-refractivity contribution >= 4 is 16.8 Å². The first-order valence-electron chi connectivity index (χ1n) is 5.94. The Labute approximate surface area is 111 Å². The maximum atomic E-state index is 12.4. The zero-order valence-electron chi connectivity index (χ0n) is 11.5. The number of methoxy groups -OCH3 is 1. The van der Waals surface area contributed by atoms with Crippen molar-refractivity contribution in [1.29, 1.82) is 0 Å². The van der Waals surface area contributed by atoms with Gasteiger partial charge in [0.25, 0.3) is 0 Å². The van der Waals surface area contributed by atoms with Crippen molar-refractivity contribution in [3.63, 3.8) is 0 Å². The summed E-state index contributed by atoms with van der Waals surface area (Å²) in [6.45, 7) is 7.56. The van der Waals surface area contributed by atoms with Gasteiger partial charge in [0.2, 0.25) is 0 Å². The smallest absolute Gasteiger partial charge is 0.309 e. The van der Waals surface area contributed by atoms with Crippen LogP contribution in [0.2, 0.25) is 0 Å². The van der Waals surface area contributed by atoms with E-state index in [2.05, 4.69) is 4.74 Å². The van der Waals surface area contributed by atoms with Crippen LogP contribution < -0.4 is 0 Å². The van der Waals surface area contributed by atoms with Gasteiger partial charge in [-0.3, -0.25) is 9.00 Å². The van der Waals surface area contributed by atoms with E-state index in [0.29, 0.717) is 0 Å². The third-order valence-electron chi connectivity index (χ3n) is 3.33. The molecule has 0 bridgehead atoms. The van der Waals surface area contributed by atoms with E-state index >= 15 is 0 Å². The van der Waals surface area contributed by atoms with Crippen LogP contribution in [0.15, 0.2) is 23.1 Å². The van der Waals surface area contributed by atoms with Crippen LogP contribution >= 0.6 is 0 Å². The molecule has 1 aromatic rings. The summed E-state index contributed by atoms with van der Waals surface area (Å²) in [4.78, 5) is 12.2. The van der Waals surface area contributed by atoms with Crippen LogP contribution in [-0.4, -0.2) is 22.5 Å². The molecule has 0 saturated heterocycles. The van der Waals surface area contributed by atoms with Crippen LogP contribution in [0.1, 0.15) is 25.0 Å². The monoisotopic (exact) mass is 268 g/mol. The van der Waals surface area contributed by atoms with Gasteiger partial charge in [-0.1, -0.05) is 13.0 Å².